The number of nitrogens with zero attached hydrogens (tertiary/aromatic N) is 1. The molecule has 1 aromatic heterocycles. The van der Waals surface area contributed by atoms with Gasteiger partial charge in [-0.3, -0.25) is 4.79 Å². The minimum atomic E-state index is -0.429. The average molecular weight is 263 g/mol. The van der Waals surface area contributed by atoms with E-state index >= 15 is 0 Å². The van der Waals surface area contributed by atoms with E-state index in [9.17, 15) is 4.79 Å². The summed E-state index contributed by atoms with van der Waals surface area (Å²) in [5.41, 5.74) is 8.44. The molecule has 2 aromatic rings. The number of halogens is 1. The molecular weight excluding hydrogens is 248 g/mol. The molecule has 18 heavy (non-hydrogen) atoms. The van der Waals surface area contributed by atoms with Crippen LogP contribution in [0.5, 0.6) is 0 Å². The van der Waals surface area contributed by atoms with E-state index in [4.69, 9.17) is 17.3 Å². The zero-order valence-corrected chi connectivity index (χ0v) is 11.1. The van der Waals surface area contributed by atoms with Gasteiger partial charge in [0.15, 0.2) is 0 Å². The molecule has 0 saturated carbocycles. The molecule has 0 bridgehead atoms. The maximum atomic E-state index is 12.1. The molecule has 0 saturated heterocycles. The van der Waals surface area contributed by atoms with Crippen LogP contribution >= 0.6 is 11.6 Å². The summed E-state index contributed by atoms with van der Waals surface area (Å²) in [7, 11) is 1.75. The van der Waals surface area contributed by atoms with E-state index in [2.05, 4.69) is 0 Å². The van der Waals surface area contributed by atoms with Crippen molar-refractivity contribution in [3.63, 3.8) is 0 Å². The highest BCUT2D eigenvalue weighted by atomic mass is 35.5. The van der Waals surface area contributed by atoms with Crippen molar-refractivity contribution in [2.24, 2.45) is 12.8 Å². The molecule has 2 rings (SSSR count). The van der Waals surface area contributed by atoms with Gasteiger partial charge in [0.1, 0.15) is 0 Å². The van der Waals surface area contributed by atoms with Crippen molar-refractivity contribution >= 4 is 11.6 Å². The summed E-state index contributed by atoms with van der Waals surface area (Å²) in [6.45, 7) is 1.89. The second-order valence-electron chi connectivity index (χ2n) is 4.32. The summed E-state index contributed by atoms with van der Waals surface area (Å²) >= 11 is 5.83. The van der Waals surface area contributed by atoms with Crippen LogP contribution in [0.1, 0.15) is 22.9 Å². The van der Waals surface area contributed by atoms with Gasteiger partial charge < -0.3 is 10.3 Å². The average Bonchev–Trinajstić information content (AvgIpc) is 2.36. The first-order chi connectivity index (χ1) is 8.50. The van der Waals surface area contributed by atoms with Gasteiger partial charge in [-0.05, 0) is 36.8 Å². The molecule has 1 unspecified atom stereocenters. The fourth-order valence-corrected chi connectivity index (χ4v) is 1.96. The van der Waals surface area contributed by atoms with Crippen LogP contribution in [-0.2, 0) is 7.05 Å². The van der Waals surface area contributed by atoms with E-state index in [-0.39, 0.29) is 5.56 Å². The van der Waals surface area contributed by atoms with Gasteiger partial charge in [0.05, 0.1) is 6.04 Å². The number of hydrogen-bond donors (Lipinski definition) is 1. The van der Waals surface area contributed by atoms with Crippen LogP contribution in [0, 0.1) is 6.92 Å². The lowest BCUT2D eigenvalue weighted by Crippen LogP contribution is -2.28. The number of pyridine rings is 1. The Morgan fingerprint density at radius 2 is 1.78 bits per heavy atom. The third kappa shape index (κ3) is 2.33. The predicted octanol–water partition coefficient (Wildman–Crippen LogP) is 2.40. The lowest BCUT2D eigenvalue weighted by Gasteiger charge is -2.14. The monoisotopic (exact) mass is 262 g/mol. The number of rotatable bonds is 2. The summed E-state index contributed by atoms with van der Waals surface area (Å²) in [5.74, 6) is 0. The molecule has 3 nitrogen and oxygen atoms in total. The number of aromatic nitrogens is 1. The summed E-state index contributed by atoms with van der Waals surface area (Å²) < 4.78 is 1.60. The molecule has 0 aliphatic heterocycles. The Labute approximate surface area is 111 Å². The van der Waals surface area contributed by atoms with Gasteiger partial charge >= 0.3 is 0 Å². The van der Waals surface area contributed by atoms with Crippen LogP contribution in [0.3, 0.4) is 0 Å². The van der Waals surface area contributed by atoms with Crippen molar-refractivity contribution in [2.75, 3.05) is 0 Å². The van der Waals surface area contributed by atoms with Crippen molar-refractivity contribution < 1.29 is 0 Å². The summed E-state index contributed by atoms with van der Waals surface area (Å²) in [4.78, 5) is 12.1. The Bertz CT molecular complexity index is 617. The van der Waals surface area contributed by atoms with Crippen LogP contribution < -0.4 is 11.3 Å². The standard InChI is InChI=1S/C14H15ClN2O/c1-9-3-8-12(14(18)17(9)2)13(16)10-4-6-11(15)7-5-10/h3-8,13H,16H2,1-2H3. The molecule has 0 amide bonds. The van der Waals surface area contributed by atoms with Gasteiger partial charge in [-0.1, -0.05) is 23.7 Å². The quantitative estimate of drug-likeness (QED) is 0.903. The molecule has 0 spiro atoms. The molecule has 0 aliphatic carbocycles. The number of nitrogens with two attached hydrogens (primary N) is 1. The zero-order valence-electron chi connectivity index (χ0n) is 10.4. The zero-order chi connectivity index (χ0) is 13.3. The van der Waals surface area contributed by atoms with E-state index in [1.54, 1.807) is 29.8 Å². The van der Waals surface area contributed by atoms with Gasteiger partial charge in [-0.25, -0.2) is 0 Å². The highest BCUT2D eigenvalue weighted by molar-refractivity contribution is 6.30. The molecule has 0 fully saturated rings. The Kier molecular flexibility index (Phi) is 3.55. The molecule has 0 aliphatic rings. The number of benzene rings is 1. The first-order valence-corrected chi connectivity index (χ1v) is 6.06. The normalized spacial score (nSPS) is 12.4. The highest BCUT2D eigenvalue weighted by Gasteiger charge is 2.13. The van der Waals surface area contributed by atoms with Gasteiger partial charge in [0.25, 0.3) is 5.56 Å². The maximum Gasteiger partial charge on any atom is 0.255 e. The SMILES string of the molecule is Cc1ccc(C(N)c2ccc(Cl)cc2)c(=O)n1C. The van der Waals surface area contributed by atoms with Crippen molar-refractivity contribution in [3.05, 3.63) is 68.6 Å². The number of aryl methyl sites for hydroxylation is 1. The largest absolute Gasteiger partial charge is 0.320 e. The van der Waals surface area contributed by atoms with E-state index in [0.717, 1.165) is 11.3 Å². The Balaban J connectivity index is 2.46. The molecular formula is C14H15ClN2O. The fourth-order valence-electron chi connectivity index (χ4n) is 1.83. The van der Waals surface area contributed by atoms with Gasteiger partial charge in [-0.15, -0.1) is 0 Å². The molecule has 1 aromatic carbocycles. The smallest absolute Gasteiger partial charge is 0.255 e. The third-order valence-corrected chi connectivity index (χ3v) is 3.40. The first-order valence-electron chi connectivity index (χ1n) is 5.68. The molecule has 4 heteroatoms. The molecule has 1 atom stereocenters. The Morgan fingerprint density at radius 1 is 1.17 bits per heavy atom. The topological polar surface area (TPSA) is 48.0 Å². The van der Waals surface area contributed by atoms with E-state index in [1.165, 1.54) is 0 Å². The summed E-state index contributed by atoms with van der Waals surface area (Å²) in [5, 5.41) is 0.655. The van der Waals surface area contributed by atoms with Crippen LogP contribution in [0.25, 0.3) is 0 Å². The minimum Gasteiger partial charge on any atom is -0.320 e. The molecule has 0 radical (unpaired) electrons. The number of hydrogen-bond acceptors (Lipinski definition) is 2. The van der Waals surface area contributed by atoms with Gasteiger partial charge in [0.2, 0.25) is 0 Å². The third-order valence-electron chi connectivity index (χ3n) is 3.15. The van der Waals surface area contributed by atoms with E-state index in [1.807, 2.05) is 25.1 Å². The Morgan fingerprint density at radius 3 is 2.39 bits per heavy atom. The van der Waals surface area contributed by atoms with Crippen molar-refractivity contribution in [2.45, 2.75) is 13.0 Å². The van der Waals surface area contributed by atoms with Gasteiger partial charge in [-0.2, -0.15) is 0 Å². The molecule has 1 heterocycles. The van der Waals surface area contributed by atoms with Crippen LogP contribution in [0.4, 0.5) is 0 Å². The Hall–Kier alpha value is -1.58. The van der Waals surface area contributed by atoms with Crippen LogP contribution in [-0.4, -0.2) is 4.57 Å². The van der Waals surface area contributed by atoms with Crippen molar-refractivity contribution in [1.29, 1.82) is 0 Å². The van der Waals surface area contributed by atoms with Crippen LogP contribution in [0.2, 0.25) is 5.02 Å². The molecule has 2 N–H and O–H groups in total. The van der Waals surface area contributed by atoms with E-state index in [0.29, 0.717) is 10.6 Å². The summed E-state index contributed by atoms with van der Waals surface area (Å²) in [6, 6.07) is 10.5. The lowest BCUT2D eigenvalue weighted by atomic mass is 10.0. The second kappa shape index (κ2) is 4.96. The van der Waals surface area contributed by atoms with Crippen LogP contribution in [0.15, 0.2) is 41.2 Å². The maximum absolute atomic E-state index is 12.1. The van der Waals surface area contributed by atoms with Gasteiger partial charge in [0, 0.05) is 23.3 Å². The predicted molar refractivity (Wildman–Crippen MR) is 73.9 cm³/mol. The van der Waals surface area contributed by atoms with Crippen molar-refractivity contribution in [3.8, 4) is 0 Å². The highest BCUT2D eigenvalue weighted by Crippen LogP contribution is 2.19. The molecule has 94 valence electrons. The lowest BCUT2D eigenvalue weighted by molar-refractivity contribution is 0.762. The first kappa shape index (κ1) is 12.9. The van der Waals surface area contributed by atoms with Crippen molar-refractivity contribution in [1.82, 2.24) is 4.57 Å². The summed E-state index contributed by atoms with van der Waals surface area (Å²) in [6.07, 6.45) is 0. The second-order valence-corrected chi connectivity index (χ2v) is 4.76. The minimum absolute atomic E-state index is 0.0579. The fraction of sp³-hybridized carbons (Fsp3) is 0.214. The van der Waals surface area contributed by atoms with E-state index < -0.39 is 6.04 Å².